The fourth-order valence-corrected chi connectivity index (χ4v) is 8.77. The van der Waals surface area contributed by atoms with Crippen molar-refractivity contribution in [3.8, 4) is 0 Å². The number of Topliss-reactive ketones (excluding diaryl/α,β-unsaturated/α-hetero) is 2. The molecular formula is C30H46O5. The smallest absolute Gasteiger partial charge is 0.188 e. The Kier molecular flexibility index (Phi) is 7.05. The maximum Gasteiger partial charge on any atom is 0.188 e. The molecule has 0 heterocycles. The molecule has 0 saturated heterocycles. The van der Waals surface area contributed by atoms with E-state index in [2.05, 4.69) is 27.4 Å². The Morgan fingerprint density at radius 2 is 1.80 bits per heavy atom. The van der Waals surface area contributed by atoms with Crippen LogP contribution >= 0.6 is 0 Å². The van der Waals surface area contributed by atoms with Crippen molar-refractivity contribution in [3.05, 3.63) is 23.3 Å². The molecule has 0 amide bonds. The normalized spacial score (nSPS) is 44.8. The third kappa shape index (κ3) is 3.92. The quantitative estimate of drug-likeness (QED) is 0.476. The molecule has 4 aliphatic rings. The fraction of sp³-hybridized carbons (Fsp3) is 0.800. The Hall–Kier alpha value is -1.30. The molecule has 0 aromatic carbocycles. The van der Waals surface area contributed by atoms with Gasteiger partial charge in [0.05, 0.1) is 12.2 Å². The first-order valence-corrected chi connectivity index (χ1v) is 13.8. The van der Waals surface area contributed by atoms with Crippen molar-refractivity contribution in [1.82, 2.24) is 0 Å². The van der Waals surface area contributed by atoms with Crippen molar-refractivity contribution in [2.45, 2.75) is 105 Å². The summed E-state index contributed by atoms with van der Waals surface area (Å²) in [5.41, 5.74) is 1.52. The molecule has 3 N–H and O–H groups in total. The number of aliphatic hydroxyl groups is 3. The lowest BCUT2D eigenvalue weighted by Crippen LogP contribution is -2.59. The van der Waals surface area contributed by atoms with Crippen molar-refractivity contribution in [3.63, 3.8) is 0 Å². The van der Waals surface area contributed by atoms with E-state index >= 15 is 0 Å². The van der Waals surface area contributed by atoms with E-state index in [9.17, 15) is 24.9 Å². The summed E-state index contributed by atoms with van der Waals surface area (Å²) in [7, 11) is 0. The van der Waals surface area contributed by atoms with Crippen molar-refractivity contribution in [2.24, 2.45) is 46.3 Å². The van der Waals surface area contributed by atoms with Crippen LogP contribution in [0.1, 0.15) is 86.5 Å². The van der Waals surface area contributed by atoms with Crippen LogP contribution in [0.2, 0.25) is 0 Å². The largest absolute Gasteiger partial charge is 0.393 e. The molecule has 0 aromatic heterocycles. The van der Waals surface area contributed by atoms with Gasteiger partial charge in [-0.05, 0) is 92.4 Å². The number of fused-ring (bicyclic) bond motifs is 4. The second-order valence-corrected chi connectivity index (χ2v) is 12.9. The summed E-state index contributed by atoms with van der Waals surface area (Å²) in [5.74, 6) is 0.250. The predicted octanol–water partition coefficient (Wildman–Crippen LogP) is 4.63. The summed E-state index contributed by atoms with van der Waals surface area (Å²) in [6, 6.07) is 0. The Morgan fingerprint density at radius 3 is 2.43 bits per heavy atom. The SMILES string of the molecule is C=C(CC[C@@H](C)C1CCC2C3=C(C(=O)[C@H](O)[C@@]21C)[C@@]1(C)CC[C@H](O)[C@@H](C)C1C[C@H]3O)C(C)C(C)=O. The maximum absolute atomic E-state index is 14.0. The van der Waals surface area contributed by atoms with Gasteiger partial charge in [0.15, 0.2) is 5.78 Å². The first-order valence-electron chi connectivity index (χ1n) is 13.8. The number of carbonyl (C=O) groups is 2. The number of hydrogen-bond acceptors (Lipinski definition) is 5. The van der Waals surface area contributed by atoms with E-state index in [0.29, 0.717) is 24.8 Å². The molecule has 0 aliphatic heterocycles. The summed E-state index contributed by atoms with van der Waals surface area (Å²) in [6.45, 7) is 16.1. The van der Waals surface area contributed by atoms with Crippen LogP contribution in [0.3, 0.4) is 0 Å². The average molecular weight is 487 g/mol. The fourth-order valence-electron chi connectivity index (χ4n) is 8.77. The van der Waals surface area contributed by atoms with Gasteiger partial charge in [0.2, 0.25) is 0 Å². The maximum atomic E-state index is 14.0. The van der Waals surface area contributed by atoms with Crippen LogP contribution in [0, 0.1) is 46.3 Å². The molecule has 0 bridgehead atoms. The van der Waals surface area contributed by atoms with Gasteiger partial charge in [0.1, 0.15) is 11.9 Å². The van der Waals surface area contributed by atoms with E-state index < -0.39 is 29.1 Å². The monoisotopic (exact) mass is 486 g/mol. The first-order chi connectivity index (χ1) is 16.3. The molecule has 4 aliphatic carbocycles. The lowest BCUT2D eigenvalue weighted by Gasteiger charge is -2.58. The molecule has 2 fully saturated rings. The topological polar surface area (TPSA) is 94.8 Å². The lowest BCUT2D eigenvalue weighted by molar-refractivity contribution is -0.144. The zero-order valence-corrected chi connectivity index (χ0v) is 22.5. The molecule has 4 rings (SSSR count). The number of allylic oxidation sites excluding steroid dienone is 1. The summed E-state index contributed by atoms with van der Waals surface area (Å²) in [6.07, 6.45) is 3.18. The standard InChI is InChI=1S/C30H46O5/c1-15(17(3)19(5)31)8-9-16(2)20-10-11-21-25-24(33)14-22-18(4)23(32)12-13-29(22,6)26(25)27(34)28(35)30(20,21)7/h16-18,20-24,28,32-33,35H,1,8-14H2,2-7H3/t16-,17?,18+,20?,21?,22?,23+,24-,28+,29+,30-/m1/s1. The highest BCUT2D eigenvalue weighted by Crippen LogP contribution is 2.65. The predicted molar refractivity (Wildman–Crippen MR) is 136 cm³/mol. The molecule has 0 aromatic rings. The van der Waals surface area contributed by atoms with Crippen LogP contribution in [0.15, 0.2) is 23.3 Å². The van der Waals surface area contributed by atoms with Crippen molar-refractivity contribution in [1.29, 1.82) is 0 Å². The van der Waals surface area contributed by atoms with Gasteiger partial charge in [0, 0.05) is 16.9 Å². The number of ketones is 2. The van der Waals surface area contributed by atoms with Crippen LogP contribution in [0.25, 0.3) is 0 Å². The number of carbonyl (C=O) groups excluding carboxylic acids is 2. The molecular weight excluding hydrogens is 440 g/mol. The van der Waals surface area contributed by atoms with Crippen LogP contribution in [-0.4, -0.2) is 45.2 Å². The molecule has 35 heavy (non-hydrogen) atoms. The van der Waals surface area contributed by atoms with Gasteiger partial charge in [-0.2, -0.15) is 0 Å². The van der Waals surface area contributed by atoms with Gasteiger partial charge in [-0.15, -0.1) is 0 Å². The number of aliphatic hydroxyl groups excluding tert-OH is 3. The van der Waals surface area contributed by atoms with E-state index in [4.69, 9.17) is 0 Å². The highest BCUT2D eigenvalue weighted by atomic mass is 16.3. The molecule has 196 valence electrons. The van der Waals surface area contributed by atoms with Crippen molar-refractivity contribution in [2.75, 3.05) is 0 Å². The highest BCUT2D eigenvalue weighted by molar-refractivity contribution is 6.03. The minimum Gasteiger partial charge on any atom is -0.393 e. The molecule has 5 nitrogen and oxygen atoms in total. The number of hydrogen-bond donors (Lipinski definition) is 3. The molecule has 0 radical (unpaired) electrons. The van der Waals surface area contributed by atoms with E-state index in [-0.39, 0.29) is 47.1 Å². The van der Waals surface area contributed by atoms with Crippen LogP contribution < -0.4 is 0 Å². The van der Waals surface area contributed by atoms with Crippen LogP contribution in [0.4, 0.5) is 0 Å². The van der Waals surface area contributed by atoms with Crippen molar-refractivity contribution >= 4 is 11.6 Å². The Labute approximate surface area is 211 Å². The third-order valence-corrected chi connectivity index (χ3v) is 11.3. The lowest BCUT2D eigenvalue weighted by atomic mass is 9.47. The molecule has 4 unspecified atom stereocenters. The second-order valence-electron chi connectivity index (χ2n) is 12.9. The average Bonchev–Trinajstić information content (AvgIpc) is 3.16. The first kappa shape index (κ1) is 26.8. The highest BCUT2D eigenvalue weighted by Gasteiger charge is 2.64. The van der Waals surface area contributed by atoms with Gasteiger partial charge in [-0.3, -0.25) is 9.59 Å². The second kappa shape index (κ2) is 9.22. The van der Waals surface area contributed by atoms with Gasteiger partial charge in [0.25, 0.3) is 0 Å². The minimum atomic E-state index is -1.08. The van der Waals surface area contributed by atoms with E-state index in [1.165, 1.54) is 0 Å². The minimum absolute atomic E-state index is 0.00748. The van der Waals surface area contributed by atoms with Gasteiger partial charge < -0.3 is 15.3 Å². The van der Waals surface area contributed by atoms with Crippen LogP contribution in [-0.2, 0) is 9.59 Å². The Bertz CT molecular complexity index is 935. The van der Waals surface area contributed by atoms with E-state index in [1.54, 1.807) is 6.92 Å². The number of rotatable bonds is 6. The van der Waals surface area contributed by atoms with Gasteiger partial charge >= 0.3 is 0 Å². The molecule has 2 saturated carbocycles. The van der Waals surface area contributed by atoms with Gasteiger partial charge in [-0.25, -0.2) is 0 Å². The molecule has 5 heteroatoms. The summed E-state index contributed by atoms with van der Waals surface area (Å²) < 4.78 is 0. The molecule has 0 spiro atoms. The molecule has 11 atom stereocenters. The summed E-state index contributed by atoms with van der Waals surface area (Å²) in [4.78, 5) is 25.7. The van der Waals surface area contributed by atoms with Crippen molar-refractivity contribution < 1.29 is 24.9 Å². The zero-order valence-electron chi connectivity index (χ0n) is 22.5. The Balaban J connectivity index is 1.65. The summed E-state index contributed by atoms with van der Waals surface area (Å²) >= 11 is 0. The van der Waals surface area contributed by atoms with E-state index in [0.717, 1.165) is 36.8 Å². The Morgan fingerprint density at radius 1 is 1.14 bits per heavy atom. The third-order valence-electron chi connectivity index (χ3n) is 11.3. The zero-order chi connectivity index (χ0) is 26.0. The van der Waals surface area contributed by atoms with Gasteiger partial charge in [-0.1, -0.05) is 46.8 Å². The van der Waals surface area contributed by atoms with Crippen LogP contribution in [0.5, 0.6) is 0 Å². The van der Waals surface area contributed by atoms with E-state index in [1.807, 2.05) is 13.8 Å². The summed E-state index contributed by atoms with van der Waals surface area (Å²) in [5, 5.41) is 33.6.